The number of nitrogens with one attached hydrogen (secondary N) is 1. The molecular formula is C14H17ClN4O2. The molecule has 0 bridgehead atoms. The van der Waals surface area contributed by atoms with Crippen molar-refractivity contribution in [3.8, 4) is 11.5 Å². The molecule has 0 unspecified atom stereocenters. The normalized spacial score (nSPS) is 13.4. The van der Waals surface area contributed by atoms with E-state index in [-0.39, 0.29) is 0 Å². The molecule has 2 heterocycles. The molecule has 0 saturated carbocycles. The molecular weight excluding hydrogens is 292 g/mol. The van der Waals surface area contributed by atoms with Crippen LogP contribution in [0.25, 0.3) is 0 Å². The third-order valence-electron chi connectivity index (χ3n) is 3.14. The summed E-state index contributed by atoms with van der Waals surface area (Å²) in [6, 6.07) is 3.81. The van der Waals surface area contributed by atoms with Crippen LogP contribution in [0.4, 0.5) is 0 Å². The highest BCUT2D eigenvalue weighted by Crippen LogP contribution is 2.38. The minimum absolute atomic E-state index is 0.531. The first-order valence-corrected chi connectivity index (χ1v) is 7.32. The van der Waals surface area contributed by atoms with Gasteiger partial charge in [0.25, 0.3) is 0 Å². The van der Waals surface area contributed by atoms with Gasteiger partial charge >= 0.3 is 0 Å². The summed E-state index contributed by atoms with van der Waals surface area (Å²) >= 11 is 6.23. The van der Waals surface area contributed by atoms with E-state index < -0.39 is 0 Å². The van der Waals surface area contributed by atoms with E-state index in [0.717, 1.165) is 24.3 Å². The highest BCUT2D eigenvalue weighted by Gasteiger charge is 2.16. The van der Waals surface area contributed by atoms with Crippen molar-refractivity contribution in [2.24, 2.45) is 0 Å². The second-order valence-electron chi connectivity index (χ2n) is 4.79. The summed E-state index contributed by atoms with van der Waals surface area (Å²) < 4.78 is 12.9. The van der Waals surface area contributed by atoms with E-state index in [0.29, 0.717) is 36.3 Å². The lowest BCUT2D eigenvalue weighted by atomic mass is 10.2. The van der Waals surface area contributed by atoms with Gasteiger partial charge in [-0.3, -0.25) is 0 Å². The molecule has 1 N–H and O–H groups in total. The summed E-state index contributed by atoms with van der Waals surface area (Å²) in [5.74, 6) is 1.31. The van der Waals surface area contributed by atoms with Crippen LogP contribution >= 0.6 is 11.6 Å². The molecule has 112 valence electrons. The molecule has 1 aliphatic heterocycles. The lowest BCUT2D eigenvalue weighted by Gasteiger charge is -2.20. The van der Waals surface area contributed by atoms with E-state index in [1.807, 2.05) is 18.3 Å². The van der Waals surface area contributed by atoms with Gasteiger partial charge in [0, 0.05) is 6.54 Å². The Hall–Kier alpha value is -1.79. The quantitative estimate of drug-likeness (QED) is 0.913. The van der Waals surface area contributed by atoms with E-state index in [1.165, 1.54) is 0 Å². The summed E-state index contributed by atoms with van der Waals surface area (Å²) in [6.07, 6.45) is 1.92. The molecule has 0 radical (unpaired) electrons. The Kier molecular flexibility index (Phi) is 4.26. The molecule has 0 fully saturated rings. The standard InChI is InChI=1S/C14H17ClN4O2/c1-2-16-7-11-9-19(18-17-11)8-10-5-12(15)14-13(6-10)20-3-4-21-14/h5-6,9,16H,2-4,7-8H2,1H3. The first kappa shape index (κ1) is 14.2. The molecule has 6 nitrogen and oxygen atoms in total. The van der Waals surface area contributed by atoms with Gasteiger partial charge in [0.15, 0.2) is 11.5 Å². The molecule has 21 heavy (non-hydrogen) atoms. The Morgan fingerprint density at radius 3 is 3.05 bits per heavy atom. The molecule has 7 heteroatoms. The fourth-order valence-electron chi connectivity index (χ4n) is 2.19. The van der Waals surface area contributed by atoms with Crippen LogP contribution < -0.4 is 14.8 Å². The molecule has 0 saturated heterocycles. The van der Waals surface area contributed by atoms with Crippen molar-refractivity contribution in [2.45, 2.75) is 20.0 Å². The summed E-state index contributed by atoms with van der Waals surface area (Å²) in [4.78, 5) is 0. The van der Waals surface area contributed by atoms with E-state index in [2.05, 4.69) is 22.6 Å². The molecule has 0 atom stereocenters. The lowest BCUT2D eigenvalue weighted by Crippen LogP contribution is -2.16. The number of halogens is 1. The molecule has 1 aromatic carbocycles. The summed E-state index contributed by atoms with van der Waals surface area (Å²) in [5, 5.41) is 12.0. The average molecular weight is 309 g/mol. The Morgan fingerprint density at radius 1 is 1.33 bits per heavy atom. The summed E-state index contributed by atoms with van der Waals surface area (Å²) in [5.41, 5.74) is 1.92. The number of ether oxygens (including phenoxy) is 2. The molecule has 1 aromatic heterocycles. The smallest absolute Gasteiger partial charge is 0.179 e. The molecule has 0 aliphatic carbocycles. The summed E-state index contributed by atoms with van der Waals surface area (Å²) in [7, 11) is 0. The first-order chi connectivity index (χ1) is 10.3. The number of aromatic nitrogens is 3. The molecule has 0 spiro atoms. The fraction of sp³-hybridized carbons (Fsp3) is 0.429. The van der Waals surface area contributed by atoms with E-state index in [1.54, 1.807) is 4.68 Å². The zero-order chi connectivity index (χ0) is 14.7. The van der Waals surface area contributed by atoms with Crippen LogP contribution in [0.3, 0.4) is 0 Å². The van der Waals surface area contributed by atoms with Gasteiger partial charge in [0.2, 0.25) is 0 Å². The van der Waals surface area contributed by atoms with Gasteiger partial charge in [0.05, 0.1) is 23.5 Å². The predicted molar refractivity (Wildman–Crippen MR) is 78.9 cm³/mol. The molecule has 1 aliphatic rings. The zero-order valence-electron chi connectivity index (χ0n) is 11.8. The topological polar surface area (TPSA) is 61.2 Å². The largest absolute Gasteiger partial charge is 0.486 e. The van der Waals surface area contributed by atoms with E-state index >= 15 is 0 Å². The summed E-state index contributed by atoms with van der Waals surface area (Å²) in [6.45, 7) is 5.35. The Bertz CT molecular complexity index is 629. The van der Waals surface area contributed by atoms with Gasteiger partial charge < -0.3 is 14.8 Å². The SMILES string of the molecule is CCNCc1cn(Cc2cc(Cl)c3c(c2)OCCO3)nn1. The van der Waals surface area contributed by atoms with Gasteiger partial charge in [-0.15, -0.1) is 5.10 Å². The van der Waals surface area contributed by atoms with Crippen LogP contribution in [-0.2, 0) is 13.1 Å². The fourth-order valence-corrected chi connectivity index (χ4v) is 2.48. The Labute approximate surface area is 128 Å². The molecule has 3 rings (SSSR count). The van der Waals surface area contributed by atoms with Crippen LogP contribution in [0.15, 0.2) is 18.3 Å². The maximum absolute atomic E-state index is 6.23. The van der Waals surface area contributed by atoms with Gasteiger partial charge in [-0.25, -0.2) is 4.68 Å². The van der Waals surface area contributed by atoms with Crippen LogP contribution in [0.2, 0.25) is 5.02 Å². The van der Waals surface area contributed by atoms with Gasteiger partial charge in [-0.05, 0) is 24.2 Å². The molecule has 0 amide bonds. The second-order valence-corrected chi connectivity index (χ2v) is 5.20. The van der Waals surface area contributed by atoms with Gasteiger partial charge in [0.1, 0.15) is 13.2 Å². The van der Waals surface area contributed by atoms with Crippen LogP contribution in [0.1, 0.15) is 18.2 Å². The van der Waals surface area contributed by atoms with Crippen molar-refractivity contribution < 1.29 is 9.47 Å². The highest BCUT2D eigenvalue weighted by atomic mass is 35.5. The second kappa shape index (κ2) is 6.32. The minimum atomic E-state index is 0.531. The average Bonchev–Trinajstić information content (AvgIpc) is 2.92. The van der Waals surface area contributed by atoms with E-state index in [4.69, 9.17) is 21.1 Å². The highest BCUT2D eigenvalue weighted by molar-refractivity contribution is 6.32. The van der Waals surface area contributed by atoms with Crippen LogP contribution in [0, 0.1) is 0 Å². The van der Waals surface area contributed by atoms with Crippen molar-refractivity contribution in [1.82, 2.24) is 20.3 Å². The minimum Gasteiger partial charge on any atom is -0.486 e. The van der Waals surface area contributed by atoms with E-state index in [9.17, 15) is 0 Å². The van der Waals surface area contributed by atoms with Crippen LogP contribution in [0.5, 0.6) is 11.5 Å². The third-order valence-corrected chi connectivity index (χ3v) is 3.42. The number of benzene rings is 1. The Balaban J connectivity index is 1.75. The van der Waals surface area contributed by atoms with Crippen molar-refractivity contribution in [3.05, 3.63) is 34.6 Å². The number of rotatable bonds is 5. The monoisotopic (exact) mass is 308 g/mol. The van der Waals surface area contributed by atoms with Crippen molar-refractivity contribution in [2.75, 3.05) is 19.8 Å². The molecule has 2 aromatic rings. The number of hydrogen-bond acceptors (Lipinski definition) is 5. The first-order valence-electron chi connectivity index (χ1n) is 6.94. The van der Waals surface area contributed by atoms with Gasteiger partial charge in [-0.2, -0.15) is 0 Å². The van der Waals surface area contributed by atoms with Gasteiger partial charge in [-0.1, -0.05) is 23.7 Å². The zero-order valence-corrected chi connectivity index (χ0v) is 12.6. The number of fused-ring (bicyclic) bond motifs is 1. The number of nitrogens with zero attached hydrogens (tertiary/aromatic N) is 3. The maximum Gasteiger partial charge on any atom is 0.179 e. The number of hydrogen-bond donors (Lipinski definition) is 1. The Morgan fingerprint density at radius 2 is 2.19 bits per heavy atom. The van der Waals surface area contributed by atoms with Crippen molar-refractivity contribution in [3.63, 3.8) is 0 Å². The maximum atomic E-state index is 6.23. The predicted octanol–water partition coefficient (Wildman–Crippen LogP) is 1.86. The van der Waals surface area contributed by atoms with Crippen molar-refractivity contribution >= 4 is 11.6 Å². The van der Waals surface area contributed by atoms with Crippen LogP contribution in [-0.4, -0.2) is 34.8 Å². The third kappa shape index (κ3) is 3.28. The lowest BCUT2D eigenvalue weighted by molar-refractivity contribution is 0.171. The van der Waals surface area contributed by atoms with Crippen molar-refractivity contribution in [1.29, 1.82) is 0 Å².